The summed E-state index contributed by atoms with van der Waals surface area (Å²) in [7, 11) is 0. The molecule has 2 fully saturated rings. The van der Waals surface area contributed by atoms with Gasteiger partial charge in [-0.25, -0.2) is 0 Å². The Balaban J connectivity index is 1.46. The van der Waals surface area contributed by atoms with Crippen molar-refractivity contribution in [3.8, 4) is 0 Å². The lowest BCUT2D eigenvalue weighted by molar-refractivity contribution is -0.132. The van der Waals surface area contributed by atoms with Gasteiger partial charge in [0.1, 0.15) is 0 Å². The molecule has 1 aromatic carbocycles. The first kappa shape index (κ1) is 20.4. The summed E-state index contributed by atoms with van der Waals surface area (Å²) in [6.07, 6.45) is 2.23. The van der Waals surface area contributed by atoms with E-state index in [2.05, 4.69) is 15.1 Å². The number of likely N-dealkylation sites (tertiary alicyclic amines) is 1. The lowest BCUT2D eigenvalue weighted by Gasteiger charge is -2.37. The molecule has 6 nitrogen and oxygen atoms in total. The number of amides is 2. The van der Waals surface area contributed by atoms with Crippen LogP contribution < -0.4 is 5.32 Å². The molecule has 0 bridgehead atoms. The first-order valence-electron chi connectivity index (χ1n) is 9.44. The molecule has 1 aromatic rings. The van der Waals surface area contributed by atoms with Crippen LogP contribution in [-0.4, -0.2) is 78.4 Å². The summed E-state index contributed by atoms with van der Waals surface area (Å²) in [6.45, 7) is 7.26. The Labute approximate surface area is 170 Å². The van der Waals surface area contributed by atoms with E-state index < -0.39 is 0 Å². The predicted molar refractivity (Wildman–Crippen MR) is 108 cm³/mol. The number of piperazine rings is 1. The Hall–Kier alpha value is -1.34. The Morgan fingerprint density at radius 1 is 1.07 bits per heavy atom. The van der Waals surface area contributed by atoms with E-state index in [1.807, 2.05) is 11.8 Å². The number of rotatable bonds is 5. The SMILES string of the molecule is C[C@H](C(=O)Nc1ccc(Cl)cc1Cl)N1CCN(CC(=O)N2CCCC2)CC1. The Morgan fingerprint density at radius 2 is 1.74 bits per heavy atom. The average molecular weight is 413 g/mol. The van der Waals surface area contributed by atoms with E-state index in [1.54, 1.807) is 18.2 Å². The van der Waals surface area contributed by atoms with Crippen LogP contribution >= 0.6 is 23.2 Å². The van der Waals surface area contributed by atoms with Gasteiger partial charge in [-0.15, -0.1) is 0 Å². The van der Waals surface area contributed by atoms with Crippen LogP contribution in [0.4, 0.5) is 5.69 Å². The summed E-state index contributed by atoms with van der Waals surface area (Å²) in [5.41, 5.74) is 0.563. The zero-order valence-corrected chi connectivity index (χ0v) is 17.1. The molecule has 0 spiro atoms. The van der Waals surface area contributed by atoms with Crippen molar-refractivity contribution in [2.45, 2.75) is 25.8 Å². The maximum absolute atomic E-state index is 12.6. The zero-order valence-electron chi connectivity index (χ0n) is 15.6. The maximum atomic E-state index is 12.6. The second kappa shape index (κ2) is 9.24. The normalized spacial score (nSPS) is 19.9. The van der Waals surface area contributed by atoms with E-state index in [0.717, 1.165) is 52.1 Å². The fraction of sp³-hybridized carbons (Fsp3) is 0.579. The molecule has 148 valence electrons. The standard InChI is InChI=1S/C19H26Cl2N4O2/c1-14(19(27)22-17-5-4-15(20)12-16(17)21)24-10-8-23(9-11-24)13-18(26)25-6-2-3-7-25/h4-5,12,14H,2-3,6-11,13H2,1H3,(H,22,27)/t14-/m1/s1. The van der Waals surface area contributed by atoms with Gasteiger partial charge in [-0.05, 0) is 38.0 Å². The van der Waals surface area contributed by atoms with Crippen LogP contribution in [0.3, 0.4) is 0 Å². The Kier molecular flexibility index (Phi) is 6.98. The van der Waals surface area contributed by atoms with Crippen LogP contribution in [0.15, 0.2) is 18.2 Å². The van der Waals surface area contributed by atoms with E-state index in [1.165, 1.54) is 0 Å². The Bertz CT molecular complexity index is 686. The predicted octanol–water partition coefficient (Wildman–Crippen LogP) is 2.56. The molecule has 2 amide bonds. The first-order valence-corrected chi connectivity index (χ1v) is 10.2. The van der Waals surface area contributed by atoms with Crippen molar-refractivity contribution in [1.82, 2.24) is 14.7 Å². The Morgan fingerprint density at radius 3 is 2.37 bits per heavy atom. The van der Waals surface area contributed by atoms with Gasteiger partial charge < -0.3 is 10.2 Å². The second-order valence-corrected chi connectivity index (χ2v) is 8.03. The quantitative estimate of drug-likeness (QED) is 0.806. The number of carbonyl (C=O) groups excluding carboxylic acids is 2. The number of nitrogens with zero attached hydrogens (tertiary/aromatic N) is 3. The molecule has 2 heterocycles. The van der Waals surface area contributed by atoms with Gasteiger partial charge in [0.2, 0.25) is 11.8 Å². The van der Waals surface area contributed by atoms with E-state index in [4.69, 9.17) is 23.2 Å². The molecule has 0 radical (unpaired) electrons. The molecular weight excluding hydrogens is 387 g/mol. The number of hydrogen-bond acceptors (Lipinski definition) is 4. The molecule has 0 unspecified atom stereocenters. The second-order valence-electron chi connectivity index (χ2n) is 7.19. The van der Waals surface area contributed by atoms with E-state index >= 15 is 0 Å². The van der Waals surface area contributed by atoms with Gasteiger partial charge in [0.05, 0.1) is 23.3 Å². The van der Waals surface area contributed by atoms with Crippen LogP contribution in [0, 0.1) is 0 Å². The summed E-state index contributed by atoms with van der Waals surface area (Å²) in [5, 5.41) is 3.83. The minimum atomic E-state index is -0.270. The number of hydrogen-bond donors (Lipinski definition) is 1. The molecule has 1 N–H and O–H groups in total. The summed E-state index contributed by atoms with van der Waals surface area (Å²) >= 11 is 12.0. The molecule has 3 rings (SSSR count). The molecule has 0 aromatic heterocycles. The summed E-state index contributed by atoms with van der Waals surface area (Å²) in [6, 6.07) is 4.74. The highest BCUT2D eigenvalue weighted by atomic mass is 35.5. The van der Waals surface area contributed by atoms with Crippen molar-refractivity contribution in [3.63, 3.8) is 0 Å². The molecular formula is C19H26Cl2N4O2. The van der Waals surface area contributed by atoms with Gasteiger partial charge in [0.15, 0.2) is 0 Å². The summed E-state index contributed by atoms with van der Waals surface area (Å²) < 4.78 is 0. The first-order chi connectivity index (χ1) is 12.9. The number of nitrogens with one attached hydrogen (secondary N) is 1. The third-order valence-corrected chi connectivity index (χ3v) is 5.89. The third kappa shape index (κ3) is 5.35. The molecule has 8 heteroatoms. The van der Waals surface area contributed by atoms with Gasteiger partial charge in [0, 0.05) is 44.3 Å². The van der Waals surface area contributed by atoms with Gasteiger partial charge in [-0.3, -0.25) is 19.4 Å². The highest BCUT2D eigenvalue weighted by molar-refractivity contribution is 6.36. The highest BCUT2D eigenvalue weighted by Gasteiger charge is 2.28. The topological polar surface area (TPSA) is 55.9 Å². The lowest BCUT2D eigenvalue weighted by Crippen LogP contribution is -2.54. The van der Waals surface area contributed by atoms with Crippen molar-refractivity contribution < 1.29 is 9.59 Å². The van der Waals surface area contributed by atoms with Crippen molar-refractivity contribution >= 4 is 40.7 Å². The highest BCUT2D eigenvalue weighted by Crippen LogP contribution is 2.25. The summed E-state index contributed by atoms with van der Waals surface area (Å²) in [5.74, 6) is 0.130. The molecule has 1 atom stereocenters. The van der Waals surface area contributed by atoms with Gasteiger partial charge in [0.25, 0.3) is 0 Å². The van der Waals surface area contributed by atoms with E-state index in [-0.39, 0.29) is 17.9 Å². The monoisotopic (exact) mass is 412 g/mol. The number of halogens is 2. The van der Waals surface area contributed by atoms with Crippen LogP contribution in [0.5, 0.6) is 0 Å². The van der Waals surface area contributed by atoms with E-state index in [0.29, 0.717) is 22.3 Å². The minimum absolute atomic E-state index is 0.0965. The van der Waals surface area contributed by atoms with Crippen LogP contribution in [-0.2, 0) is 9.59 Å². The van der Waals surface area contributed by atoms with Crippen LogP contribution in [0.25, 0.3) is 0 Å². The zero-order chi connectivity index (χ0) is 19.4. The fourth-order valence-corrected chi connectivity index (χ4v) is 4.02. The number of anilines is 1. The fourth-order valence-electron chi connectivity index (χ4n) is 3.56. The van der Waals surface area contributed by atoms with Gasteiger partial charge in [-0.1, -0.05) is 23.2 Å². The number of benzene rings is 1. The van der Waals surface area contributed by atoms with Gasteiger partial charge >= 0.3 is 0 Å². The van der Waals surface area contributed by atoms with Crippen LogP contribution in [0.1, 0.15) is 19.8 Å². The number of carbonyl (C=O) groups is 2. The van der Waals surface area contributed by atoms with Gasteiger partial charge in [-0.2, -0.15) is 0 Å². The molecule has 27 heavy (non-hydrogen) atoms. The van der Waals surface area contributed by atoms with Crippen LogP contribution in [0.2, 0.25) is 10.0 Å². The maximum Gasteiger partial charge on any atom is 0.241 e. The lowest BCUT2D eigenvalue weighted by atomic mass is 10.2. The largest absolute Gasteiger partial charge is 0.342 e. The molecule has 0 saturated carbocycles. The molecule has 2 saturated heterocycles. The van der Waals surface area contributed by atoms with Crippen molar-refractivity contribution in [2.24, 2.45) is 0 Å². The van der Waals surface area contributed by atoms with Crippen molar-refractivity contribution in [2.75, 3.05) is 51.1 Å². The third-order valence-electron chi connectivity index (χ3n) is 5.34. The van der Waals surface area contributed by atoms with E-state index in [9.17, 15) is 9.59 Å². The average Bonchev–Trinajstić information content (AvgIpc) is 3.19. The molecule has 2 aliphatic rings. The van der Waals surface area contributed by atoms with Crippen molar-refractivity contribution in [1.29, 1.82) is 0 Å². The smallest absolute Gasteiger partial charge is 0.241 e. The van der Waals surface area contributed by atoms with Crippen molar-refractivity contribution in [3.05, 3.63) is 28.2 Å². The molecule has 2 aliphatic heterocycles. The minimum Gasteiger partial charge on any atom is -0.342 e. The summed E-state index contributed by atoms with van der Waals surface area (Å²) in [4.78, 5) is 31.1. The molecule has 0 aliphatic carbocycles.